The summed E-state index contributed by atoms with van der Waals surface area (Å²) in [6.45, 7) is 1.99. The van der Waals surface area contributed by atoms with E-state index in [-0.39, 0.29) is 11.8 Å². The first kappa shape index (κ1) is 21.0. The Morgan fingerprint density at radius 1 is 0.966 bits per heavy atom. The van der Waals surface area contributed by atoms with E-state index in [1.165, 1.54) is 24.2 Å². The quantitative estimate of drug-likeness (QED) is 0.532. The van der Waals surface area contributed by atoms with Crippen molar-refractivity contribution in [3.63, 3.8) is 0 Å². The second-order valence-electron chi connectivity index (χ2n) is 6.44. The minimum atomic E-state index is -0.190. The first-order valence-electron chi connectivity index (χ1n) is 9.18. The molecular weight excluding hydrogens is 404 g/mol. The van der Waals surface area contributed by atoms with E-state index in [0.717, 1.165) is 16.2 Å². The van der Waals surface area contributed by atoms with Crippen molar-refractivity contribution in [1.82, 2.24) is 5.32 Å². The van der Waals surface area contributed by atoms with Crippen LogP contribution in [0.3, 0.4) is 0 Å². The van der Waals surface area contributed by atoms with Gasteiger partial charge in [-0.3, -0.25) is 9.59 Å². The SMILES string of the molecule is CC(=O)Nc1cc(C(=O)NCCc2ccccc2)ccc1Sc1ccc(Cl)cc1. The van der Waals surface area contributed by atoms with Gasteiger partial charge in [-0.05, 0) is 54.4 Å². The van der Waals surface area contributed by atoms with Crippen molar-refractivity contribution in [3.05, 3.63) is 88.9 Å². The number of amides is 2. The van der Waals surface area contributed by atoms with E-state index in [1.807, 2.05) is 60.7 Å². The molecule has 0 heterocycles. The predicted molar refractivity (Wildman–Crippen MR) is 119 cm³/mol. The number of rotatable bonds is 7. The Labute approximate surface area is 179 Å². The van der Waals surface area contributed by atoms with Crippen LogP contribution in [-0.2, 0) is 11.2 Å². The number of benzene rings is 3. The van der Waals surface area contributed by atoms with E-state index in [1.54, 1.807) is 12.1 Å². The van der Waals surface area contributed by atoms with Gasteiger partial charge in [-0.2, -0.15) is 0 Å². The van der Waals surface area contributed by atoms with E-state index in [9.17, 15) is 9.59 Å². The number of nitrogens with one attached hydrogen (secondary N) is 2. The first-order valence-corrected chi connectivity index (χ1v) is 10.4. The summed E-state index contributed by atoms with van der Waals surface area (Å²) in [4.78, 5) is 26.0. The number of hydrogen-bond acceptors (Lipinski definition) is 3. The molecule has 0 aromatic heterocycles. The van der Waals surface area contributed by atoms with Crippen LogP contribution in [0.1, 0.15) is 22.8 Å². The number of anilines is 1. The molecule has 3 aromatic carbocycles. The van der Waals surface area contributed by atoms with Crippen LogP contribution in [0, 0.1) is 0 Å². The van der Waals surface area contributed by atoms with Crippen molar-refractivity contribution in [2.24, 2.45) is 0 Å². The smallest absolute Gasteiger partial charge is 0.251 e. The third-order valence-corrected chi connectivity index (χ3v) is 5.47. The monoisotopic (exact) mass is 424 g/mol. The first-order chi connectivity index (χ1) is 14.0. The Bertz CT molecular complexity index is 992. The van der Waals surface area contributed by atoms with Gasteiger partial charge < -0.3 is 10.6 Å². The largest absolute Gasteiger partial charge is 0.352 e. The van der Waals surface area contributed by atoms with Crippen molar-refractivity contribution in [3.8, 4) is 0 Å². The predicted octanol–water partition coefficient (Wildman–Crippen LogP) is 5.42. The van der Waals surface area contributed by atoms with Crippen molar-refractivity contribution >= 4 is 40.9 Å². The Kier molecular flexibility index (Phi) is 7.33. The second kappa shape index (κ2) is 10.1. The average Bonchev–Trinajstić information content (AvgIpc) is 2.71. The van der Waals surface area contributed by atoms with Gasteiger partial charge in [0.1, 0.15) is 0 Å². The molecule has 0 atom stereocenters. The molecule has 2 amide bonds. The second-order valence-corrected chi connectivity index (χ2v) is 7.99. The molecule has 3 rings (SSSR count). The van der Waals surface area contributed by atoms with Crippen LogP contribution in [0.15, 0.2) is 82.6 Å². The van der Waals surface area contributed by atoms with E-state index in [4.69, 9.17) is 11.6 Å². The lowest BCUT2D eigenvalue weighted by atomic mass is 10.1. The van der Waals surface area contributed by atoms with Crippen molar-refractivity contribution in [2.45, 2.75) is 23.1 Å². The molecule has 0 spiro atoms. The van der Waals surface area contributed by atoms with Gasteiger partial charge in [0.25, 0.3) is 5.91 Å². The van der Waals surface area contributed by atoms with Gasteiger partial charge in [0.2, 0.25) is 5.91 Å². The van der Waals surface area contributed by atoms with Gasteiger partial charge in [0.15, 0.2) is 0 Å². The fraction of sp³-hybridized carbons (Fsp3) is 0.130. The molecule has 6 heteroatoms. The maximum Gasteiger partial charge on any atom is 0.251 e. The van der Waals surface area contributed by atoms with E-state index >= 15 is 0 Å². The van der Waals surface area contributed by atoms with Crippen LogP contribution in [-0.4, -0.2) is 18.4 Å². The molecule has 4 nitrogen and oxygen atoms in total. The van der Waals surface area contributed by atoms with Crippen molar-refractivity contribution in [1.29, 1.82) is 0 Å². The van der Waals surface area contributed by atoms with E-state index in [0.29, 0.717) is 22.8 Å². The van der Waals surface area contributed by atoms with Crippen LogP contribution < -0.4 is 10.6 Å². The molecule has 3 aromatic rings. The van der Waals surface area contributed by atoms with Gasteiger partial charge in [-0.15, -0.1) is 0 Å². The fourth-order valence-electron chi connectivity index (χ4n) is 2.74. The van der Waals surface area contributed by atoms with Crippen LogP contribution >= 0.6 is 23.4 Å². The van der Waals surface area contributed by atoms with Gasteiger partial charge in [0.05, 0.1) is 5.69 Å². The third-order valence-electron chi connectivity index (χ3n) is 4.14. The van der Waals surface area contributed by atoms with Crippen LogP contribution in [0.5, 0.6) is 0 Å². The Balaban J connectivity index is 1.71. The van der Waals surface area contributed by atoms with Gasteiger partial charge in [0, 0.05) is 33.8 Å². The highest BCUT2D eigenvalue weighted by Gasteiger charge is 2.12. The molecule has 0 bridgehead atoms. The zero-order chi connectivity index (χ0) is 20.6. The highest BCUT2D eigenvalue weighted by molar-refractivity contribution is 7.99. The Morgan fingerprint density at radius 3 is 2.38 bits per heavy atom. The zero-order valence-electron chi connectivity index (χ0n) is 15.9. The molecule has 0 aliphatic heterocycles. The maximum atomic E-state index is 12.5. The minimum absolute atomic E-state index is 0.171. The molecular formula is C23H21ClN2O2S. The summed E-state index contributed by atoms with van der Waals surface area (Å²) >= 11 is 7.44. The lowest BCUT2D eigenvalue weighted by Gasteiger charge is -2.12. The molecule has 0 unspecified atom stereocenters. The number of hydrogen-bond donors (Lipinski definition) is 2. The highest BCUT2D eigenvalue weighted by Crippen LogP contribution is 2.34. The number of carbonyl (C=O) groups excluding carboxylic acids is 2. The lowest BCUT2D eigenvalue weighted by molar-refractivity contribution is -0.114. The lowest BCUT2D eigenvalue weighted by Crippen LogP contribution is -2.25. The zero-order valence-corrected chi connectivity index (χ0v) is 17.5. The van der Waals surface area contributed by atoms with Crippen LogP contribution in [0.25, 0.3) is 0 Å². The average molecular weight is 425 g/mol. The van der Waals surface area contributed by atoms with Crippen LogP contribution in [0.4, 0.5) is 5.69 Å². The Morgan fingerprint density at radius 2 is 1.69 bits per heavy atom. The molecule has 0 fully saturated rings. The van der Waals surface area contributed by atoms with Crippen molar-refractivity contribution in [2.75, 3.05) is 11.9 Å². The van der Waals surface area contributed by atoms with Gasteiger partial charge in [-0.1, -0.05) is 53.7 Å². The van der Waals surface area contributed by atoms with Crippen molar-refractivity contribution < 1.29 is 9.59 Å². The normalized spacial score (nSPS) is 10.4. The van der Waals surface area contributed by atoms with E-state index in [2.05, 4.69) is 10.6 Å². The molecule has 0 aliphatic carbocycles. The third kappa shape index (κ3) is 6.38. The van der Waals surface area contributed by atoms with Gasteiger partial charge >= 0.3 is 0 Å². The molecule has 0 aliphatic rings. The summed E-state index contributed by atoms with van der Waals surface area (Å²) in [5, 5.41) is 6.41. The molecule has 2 N–H and O–H groups in total. The highest BCUT2D eigenvalue weighted by atomic mass is 35.5. The minimum Gasteiger partial charge on any atom is -0.352 e. The summed E-state index contributed by atoms with van der Waals surface area (Å²) in [5.41, 5.74) is 2.27. The van der Waals surface area contributed by atoms with Gasteiger partial charge in [-0.25, -0.2) is 0 Å². The summed E-state index contributed by atoms with van der Waals surface area (Å²) < 4.78 is 0. The number of carbonyl (C=O) groups is 2. The summed E-state index contributed by atoms with van der Waals surface area (Å²) in [6.07, 6.45) is 0.760. The standard InChI is InChI=1S/C23H21ClN2O2S/c1-16(27)26-21-15-18(23(28)25-14-13-17-5-3-2-4-6-17)7-12-22(21)29-20-10-8-19(24)9-11-20/h2-12,15H,13-14H2,1H3,(H,25,28)(H,26,27). The molecule has 0 saturated heterocycles. The number of halogens is 1. The molecule has 0 radical (unpaired) electrons. The molecule has 29 heavy (non-hydrogen) atoms. The van der Waals surface area contributed by atoms with Crippen LogP contribution in [0.2, 0.25) is 5.02 Å². The molecule has 148 valence electrons. The summed E-state index contributed by atoms with van der Waals surface area (Å²) in [6, 6.07) is 22.8. The molecule has 0 saturated carbocycles. The summed E-state index contributed by atoms with van der Waals surface area (Å²) in [5.74, 6) is -0.361. The maximum absolute atomic E-state index is 12.5. The van der Waals surface area contributed by atoms with E-state index < -0.39 is 0 Å². The topological polar surface area (TPSA) is 58.2 Å². The Hall–Kier alpha value is -2.76. The fourth-order valence-corrected chi connectivity index (χ4v) is 3.75. The summed E-state index contributed by atoms with van der Waals surface area (Å²) in [7, 11) is 0.